The number of para-hydroxylation sites is 1. The fourth-order valence-electron chi connectivity index (χ4n) is 8.49. The van der Waals surface area contributed by atoms with Crippen molar-refractivity contribution in [2.45, 2.75) is 45.4 Å². The van der Waals surface area contributed by atoms with Gasteiger partial charge in [-0.3, -0.25) is 0 Å². The van der Waals surface area contributed by atoms with Crippen LogP contribution in [-0.2, 0) is 10.8 Å². The molecule has 0 atom stereocenters. The van der Waals surface area contributed by atoms with E-state index >= 15 is 0 Å². The van der Waals surface area contributed by atoms with E-state index in [4.69, 9.17) is 8.83 Å². The molecule has 0 amide bonds. The lowest BCUT2D eigenvalue weighted by Crippen LogP contribution is -2.20. The van der Waals surface area contributed by atoms with Gasteiger partial charge in [0.2, 0.25) is 0 Å². The molecule has 9 aromatic rings. The van der Waals surface area contributed by atoms with Crippen LogP contribution in [0, 0.1) is 0 Å². The van der Waals surface area contributed by atoms with Crippen molar-refractivity contribution >= 4 is 60.9 Å². The summed E-state index contributed by atoms with van der Waals surface area (Å²) < 4.78 is 13.0. The zero-order chi connectivity index (χ0) is 35.4. The van der Waals surface area contributed by atoms with Gasteiger partial charge in [-0.15, -0.1) is 0 Å². The molecule has 0 saturated carbocycles. The molecular weight excluding hydrogens is 635 g/mol. The van der Waals surface area contributed by atoms with E-state index in [-0.39, 0.29) is 10.8 Å². The van der Waals surface area contributed by atoms with Crippen molar-refractivity contribution in [3.05, 3.63) is 162 Å². The highest BCUT2D eigenvalue weighted by Crippen LogP contribution is 2.56. The van der Waals surface area contributed by atoms with Gasteiger partial charge >= 0.3 is 0 Å². The van der Waals surface area contributed by atoms with Crippen LogP contribution < -0.4 is 4.90 Å². The SMILES string of the molecule is CC(C)(C)c1ccc2c(c1)oc1cc3c(cc12)C(C)(C)c1c-3cccc1N(c1ccc(-c2ccccc2)cc1)c1ccc2c(c1)oc1ccccc12. The molecular formula is C49H39NO2. The highest BCUT2D eigenvalue weighted by molar-refractivity contribution is 6.09. The van der Waals surface area contributed by atoms with E-state index < -0.39 is 0 Å². The molecule has 0 spiro atoms. The molecule has 10 rings (SSSR count). The van der Waals surface area contributed by atoms with Crippen molar-refractivity contribution in [2.75, 3.05) is 4.90 Å². The second-order valence-electron chi connectivity index (χ2n) is 15.8. The minimum Gasteiger partial charge on any atom is -0.456 e. The zero-order valence-corrected chi connectivity index (χ0v) is 30.1. The normalized spacial score (nSPS) is 13.6. The highest BCUT2D eigenvalue weighted by atomic mass is 16.3. The number of benzene rings is 7. The van der Waals surface area contributed by atoms with Gasteiger partial charge in [-0.2, -0.15) is 0 Å². The summed E-state index contributed by atoms with van der Waals surface area (Å²) in [5.41, 5.74) is 15.5. The Morgan fingerprint density at radius 2 is 1.12 bits per heavy atom. The number of hydrogen-bond donors (Lipinski definition) is 0. The Morgan fingerprint density at radius 3 is 1.92 bits per heavy atom. The van der Waals surface area contributed by atoms with Crippen molar-refractivity contribution in [1.29, 1.82) is 0 Å². The summed E-state index contributed by atoms with van der Waals surface area (Å²) in [5.74, 6) is 0. The van der Waals surface area contributed by atoms with Crippen LogP contribution >= 0.6 is 0 Å². The third-order valence-electron chi connectivity index (χ3n) is 11.2. The first-order valence-electron chi connectivity index (χ1n) is 18.2. The molecule has 0 radical (unpaired) electrons. The molecule has 3 nitrogen and oxygen atoms in total. The van der Waals surface area contributed by atoms with E-state index in [0.717, 1.165) is 55.6 Å². The molecule has 0 aliphatic heterocycles. The molecule has 0 unspecified atom stereocenters. The van der Waals surface area contributed by atoms with Crippen molar-refractivity contribution in [3.8, 4) is 22.3 Å². The van der Waals surface area contributed by atoms with Crippen molar-refractivity contribution < 1.29 is 8.83 Å². The lowest BCUT2D eigenvalue weighted by Gasteiger charge is -2.32. The van der Waals surface area contributed by atoms with Crippen LogP contribution in [0.15, 0.2) is 154 Å². The molecule has 0 N–H and O–H groups in total. The van der Waals surface area contributed by atoms with E-state index in [1.807, 2.05) is 12.1 Å². The number of furan rings is 2. The molecule has 252 valence electrons. The van der Waals surface area contributed by atoms with Crippen LogP contribution in [0.3, 0.4) is 0 Å². The van der Waals surface area contributed by atoms with Crippen LogP contribution in [0.4, 0.5) is 17.1 Å². The van der Waals surface area contributed by atoms with Crippen molar-refractivity contribution in [3.63, 3.8) is 0 Å². The number of anilines is 3. The predicted molar refractivity (Wildman–Crippen MR) is 217 cm³/mol. The smallest absolute Gasteiger partial charge is 0.137 e. The van der Waals surface area contributed by atoms with Gasteiger partial charge in [-0.05, 0) is 99.0 Å². The maximum absolute atomic E-state index is 6.61. The summed E-state index contributed by atoms with van der Waals surface area (Å²) in [6, 6.07) is 52.5. The molecule has 0 fully saturated rings. The van der Waals surface area contributed by atoms with Crippen LogP contribution in [0.25, 0.3) is 66.1 Å². The van der Waals surface area contributed by atoms with Gasteiger partial charge in [0.25, 0.3) is 0 Å². The van der Waals surface area contributed by atoms with E-state index in [1.54, 1.807) is 0 Å². The average molecular weight is 674 g/mol. The number of fused-ring (bicyclic) bond motifs is 9. The predicted octanol–water partition coefficient (Wildman–Crippen LogP) is 14.2. The summed E-state index contributed by atoms with van der Waals surface area (Å²) in [5, 5.41) is 4.58. The quantitative estimate of drug-likeness (QED) is 0.186. The van der Waals surface area contributed by atoms with E-state index in [2.05, 4.69) is 173 Å². The fraction of sp³-hybridized carbons (Fsp3) is 0.143. The number of nitrogens with zero attached hydrogens (tertiary/aromatic N) is 1. The summed E-state index contributed by atoms with van der Waals surface area (Å²) in [4.78, 5) is 2.40. The molecule has 3 heteroatoms. The van der Waals surface area contributed by atoms with E-state index in [9.17, 15) is 0 Å². The summed E-state index contributed by atoms with van der Waals surface area (Å²) >= 11 is 0. The molecule has 1 aliphatic rings. The zero-order valence-electron chi connectivity index (χ0n) is 30.1. The summed E-state index contributed by atoms with van der Waals surface area (Å²) in [6.45, 7) is 11.5. The lowest BCUT2D eigenvalue weighted by molar-refractivity contribution is 0.587. The Labute approximate surface area is 303 Å². The second kappa shape index (κ2) is 11.0. The topological polar surface area (TPSA) is 29.5 Å². The standard InChI is InChI=1S/C49H39NO2/c1-48(2,3)32-20-24-37-40-28-41-39(29-46(40)52-44(37)26-32)38-15-11-16-42(47(38)49(41,4)5)50(33-21-18-31(19-22-33)30-12-7-6-8-13-30)34-23-25-36-35-14-9-10-17-43(35)51-45(36)27-34/h6-29H,1-5H3. The highest BCUT2D eigenvalue weighted by Gasteiger charge is 2.40. The monoisotopic (exact) mass is 673 g/mol. The van der Waals surface area contributed by atoms with Crippen LogP contribution in [0.1, 0.15) is 51.3 Å². The van der Waals surface area contributed by atoms with Gasteiger partial charge in [0.15, 0.2) is 0 Å². The van der Waals surface area contributed by atoms with Gasteiger partial charge < -0.3 is 13.7 Å². The van der Waals surface area contributed by atoms with Crippen LogP contribution in [0.5, 0.6) is 0 Å². The van der Waals surface area contributed by atoms with E-state index in [0.29, 0.717) is 0 Å². The lowest BCUT2D eigenvalue weighted by atomic mass is 9.80. The number of hydrogen-bond acceptors (Lipinski definition) is 3. The molecule has 0 bridgehead atoms. The van der Waals surface area contributed by atoms with Gasteiger partial charge in [0.1, 0.15) is 22.3 Å². The molecule has 1 aliphatic carbocycles. The molecule has 7 aromatic carbocycles. The van der Waals surface area contributed by atoms with Gasteiger partial charge in [0.05, 0.1) is 5.69 Å². The first-order chi connectivity index (χ1) is 25.1. The Hall–Kier alpha value is -6.06. The Balaban J connectivity index is 1.17. The van der Waals surface area contributed by atoms with Crippen LogP contribution in [-0.4, -0.2) is 0 Å². The largest absolute Gasteiger partial charge is 0.456 e. The minimum absolute atomic E-state index is 0.0505. The molecule has 2 heterocycles. The third kappa shape index (κ3) is 4.58. The maximum Gasteiger partial charge on any atom is 0.137 e. The number of rotatable bonds is 4. The first kappa shape index (κ1) is 30.7. The van der Waals surface area contributed by atoms with Gasteiger partial charge in [0, 0.05) is 44.4 Å². The fourth-order valence-corrected chi connectivity index (χ4v) is 8.49. The van der Waals surface area contributed by atoms with E-state index in [1.165, 1.54) is 44.3 Å². The first-order valence-corrected chi connectivity index (χ1v) is 18.2. The minimum atomic E-state index is -0.282. The van der Waals surface area contributed by atoms with Gasteiger partial charge in [-0.25, -0.2) is 0 Å². The average Bonchev–Trinajstić information content (AvgIpc) is 3.78. The Morgan fingerprint density at radius 1 is 0.481 bits per heavy atom. The van der Waals surface area contributed by atoms with Crippen molar-refractivity contribution in [2.24, 2.45) is 0 Å². The molecule has 0 saturated heterocycles. The Bertz CT molecular complexity index is 2850. The third-order valence-corrected chi connectivity index (χ3v) is 11.2. The summed E-state index contributed by atoms with van der Waals surface area (Å²) in [6.07, 6.45) is 0. The van der Waals surface area contributed by atoms with Gasteiger partial charge in [-0.1, -0.05) is 120 Å². The Kier molecular flexibility index (Phi) is 6.48. The maximum atomic E-state index is 6.61. The van der Waals surface area contributed by atoms with Crippen molar-refractivity contribution in [1.82, 2.24) is 0 Å². The summed E-state index contributed by atoms with van der Waals surface area (Å²) in [7, 11) is 0. The second-order valence-corrected chi connectivity index (χ2v) is 15.8. The van der Waals surface area contributed by atoms with Crippen LogP contribution in [0.2, 0.25) is 0 Å². The molecule has 52 heavy (non-hydrogen) atoms. The molecule has 2 aromatic heterocycles.